The number of hydrazone groups is 1. The molecular weight excluding hydrogens is 242 g/mol. The summed E-state index contributed by atoms with van der Waals surface area (Å²) in [5.41, 5.74) is 7.65. The Bertz CT molecular complexity index is 560. The van der Waals surface area contributed by atoms with Crippen molar-refractivity contribution < 1.29 is 4.79 Å². The topological polar surface area (TPSA) is 106 Å². The number of amidine groups is 1. The van der Waals surface area contributed by atoms with E-state index in [2.05, 4.69) is 15.7 Å². The molecule has 1 aliphatic heterocycles. The number of hydrogen-bond donors (Lipinski definition) is 4. The summed E-state index contributed by atoms with van der Waals surface area (Å²) in [6.45, 7) is 0. The summed E-state index contributed by atoms with van der Waals surface area (Å²) in [6.07, 6.45) is 3.87. The molecule has 6 nitrogen and oxygen atoms in total. The lowest BCUT2D eigenvalue weighted by molar-refractivity contribution is -0.120. The highest BCUT2D eigenvalue weighted by Gasteiger charge is 2.44. The number of amides is 1. The van der Waals surface area contributed by atoms with Crippen LogP contribution in [0.15, 0.2) is 23.3 Å². The van der Waals surface area contributed by atoms with E-state index in [4.69, 9.17) is 11.6 Å². The van der Waals surface area contributed by atoms with E-state index in [1.54, 1.807) is 6.07 Å². The summed E-state index contributed by atoms with van der Waals surface area (Å²) in [7, 11) is 0. The second-order valence-electron chi connectivity index (χ2n) is 5.14. The van der Waals surface area contributed by atoms with Crippen molar-refractivity contribution in [2.75, 3.05) is 10.6 Å². The molecule has 6 heteroatoms. The molecule has 1 aromatic carbocycles. The van der Waals surface area contributed by atoms with Crippen molar-refractivity contribution in [2.24, 2.45) is 16.7 Å². The first-order valence-corrected chi connectivity index (χ1v) is 6.42. The van der Waals surface area contributed by atoms with E-state index in [1.165, 1.54) is 0 Å². The first-order valence-electron chi connectivity index (χ1n) is 6.42. The average molecular weight is 259 g/mol. The molecule has 100 valence electrons. The third-order valence-corrected chi connectivity index (χ3v) is 3.97. The van der Waals surface area contributed by atoms with Gasteiger partial charge in [-0.25, -0.2) is 0 Å². The van der Waals surface area contributed by atoms with Crippen LogP contribution >= 0.6 is 0 Å². The van der Waals surface area contributed by atoms with Gasteiger partial charge in [-0.1, -0.05) is 12.8 Å². The molecule has 1 fully saturated rings. The summed E-state index contributed by atoms with van der Waals surface area (Å²) >= 11 is 0. The fraction of sp³-hybridized carbons (Fsp3) is 0.385. The van der Waals surface area contributed by atoms with E-state index in [1.807, 2.05) is 12.1 Å². The third-order valence-electron chi connectivity index (χ3n) is 3.97. The normalized spacial score (nSPS) is 20.8. The third kappa shape index (κ3) is 1.80. The highest BCUT2D eigenvalue weighted by Crippen LogP contribution is 2.40. The van der Waals surface area contributed by atoms with E-state index in [-0.39, 0.29) is 11.7 Å². The molecule has 0 atom stereocenters. The number of anilines is 2. The van der Waals surface area contributed by atoms with Crippen molar-refractivity contribution in [3.8, 4) is 0 Å². The van der Waals surface area contributed by atoms with Gasteiger partial charge in [-0.2, -0.15) is 5.10 Å². The monoisotopic (exact) mass is 259 g/mol. The Labute approximate surface area is 111 Å². The number of carbonyl (C=O) groups excluding carboxylic acids is 1. The number of nitrogens with two attached hydrogens (primary N) is 2. The average Bonchev–Trinajstić information content (AvgIpc) is 2.88. The Kier molecular flexibility index (Phi) is 2.58. The molecule has 0 bridgehead atoms. The summed E-state index contributed by atoms with van der Waals surface area (Å²) in [5, 5.41) is 9.83. The Hall–Kier alpha value is -2.24. The predicted molar refractivity (Wildman–Crippen MR) is 74.8 cm³/mol. The van der Waals surface area contributed by atoms with E-state index >= 15 is 0 Å². The van der Waals surface area contributed by atoms with Gasteiger partial charge in [0.15, 0.2) is 0 Å². The molecular formula is C13H17N5O. The number of hydrogen-bond acceptors (Lipinski definition) is 4. The Morgan fingerprint density at radius 3 is 2.68 bits per heavy atom. The number of rotatable bonds is 1. The van der Waals surface area contributed by atoms with Crippen molar-refractivity contribution >= 4 is 23.1 Å². The van der Waals surface area contributed by atoms with Crippen molar-refractivity contribution in [1.29, 1.82) is 0 Å². The van der Waals surface area contributed by atoms with Crippen LogP contribution in [0.4, 0.5) is 11.4 Å². The van der Waals surface area contributed by atoms with Crippen molar-refractivity contribution in [3.05, 3.63) is 23.8 Å². The van der Waals surface area contributed by atoms with E-state index < -0.39 is 5.54 Å². The van der Waals surface area contributed by atoms with E-state index in [0.29, 0.717) is 0 Å². The zero-order chi connectivity index (χ0) is 13.5. The van der Waals surface area contributed by atoms with Crippen LogP contribution in [-0.2, 0) is 4.79 Å². The van der Waals surface area contributed by atoms with Gasteiger partial charge in [0.25, 0.3) is 0 Å². The molecule has 0 radical (unpaired) electrons. The molecule has 0 saturated heterocycles. The summed E-state index contributed by atoms with van der Waals surface area (Å²) in [5.74, 6) is 5.53. The minimum absolute atomic E-state index is 0.0608. The molecule has 1 amide bonds. The zero-order valence-corrected chi connectivity index (χ0v) is 10.6. The molecule has 1 aromatic rings. The maximum atomic E-state index is 12.2. The maximum absolute atomic E-state index is 12.2. The van der Waals surface area contributed by atoms with Gasteiger partial charge in [-0.15, -0.1) is 0 Å². The number of benzene rings is 1. The van der Waals surface area contributed by atoms with Crippen molar-refractivity contribution in [1.82, 2.24) is 0 Å². The minimum Gasteiger partial charge on any atom is -0.382 e. The molecule has 0 unspecified atom stereocenters. The van der Waals surface area contributed by atoms with Gasteiger partial charge in [-0.3, -0.25) is 4.79 Å². The van der Waals surface area contributed by atoms with E-state index in [9.17, 15) is 4.79 Å². The predicted octanol–water partition coefficient (Wildman–Crippen LogP) is 0.942. The number of nitrogens with zero attached hydrogens (tertiary/aromatic N) is 1. The molecule has 0 aromatic heterocycles. The fourth-order valence-electron chi connectivity index (χ4n) is 2.88. The Balaban J connectivity index is 2.00. The van der Waals surface area contributed by atoms with Gasteiger partial charge in [0.2, 0.25) is 5.91 Å². The van der Waals surface area contributed by atoms with Gasteiger partial charge in [0.1, 0.15) is 11.4 Å². The smallest absolute Gasteiger partial charge is 0.250 e. The SMILES string of the molecule is N/N=C(\N)c1ccc2c(c1)NC1(CCCC1)C(=O)N2. The van der Waals surface area contributed by atoms with Crippen molar-refractivity contribution in [3.63, 3.8) is 0 Å². The van der Waals surface area contributed by atoms with Crippen molar-refractivity contribution in [2.45, 2.75) is 31.2 Å². The fourth-order valence-corrected chi connectivity index (χ4v) is 2.88. The minimum atomic E-state index is -0.458. The van der Waals surface area contributed by atoms with Crippen LogP contribution in [0.3, 0.4) is 0 Å². The summed E-state index contributed by atoms with van der Waals surface area (Å²) in [4.78, 5) is 12.2. The van der Waals surface area contributed by atoms with Gasteiger partial charge in [0.05, 0.1) is 11.4 Å². The van der Waals surface area contributed by atoms with Gasteiger partial charge in [-0.05, 0) is 31.0 Å². The zero-order valence-electron chi connectivity index (χ0n) is 10.6. The number of nitrogens with one attached hydrogen (secondary N) is 2. The molecule has 6 N–H and O–H groups in total. The van der Waals surface area contributed by atoms with Crippen LogP contribution < -0.4 is 22.2 Å². The van der Waals surface area contributed by atoms with Crippen LogP contribution in [0.25, 0.3) is 0 Å². The first-order chi connectivity index (χ1) is 9.14. The van der Waals surface area contributed by atoms with Crippen LogP contribution in [0, 0.1) is 0 Å². The second kappa shape index (κ2) is 4.15. The summed E-state index contributed by atoms with van der Waals surface area (Å²) < 4.78 is 0. The molecule has 1 spiro atoms. The standard InChI is InChI=1S/C13H17N5O/c14-11(18-15)8-3-4-9-10(7-8)17-13(12(19)16-9)5-1-2-6-13/h3-4,7,17H,1-2,5-6,15H2,(H2,14,18)(H,16,19). The lowest BCUT2D eigenvalue weighted by Crippen LogP contribution is -2.50. The van der Waals surface area contributed by atoms with Crippen LogP contribution in [0.1, 0.15) is 31.2 Å². The highest BCUT2D eigenvalue weighted by molar-refractivity contribution is 6.08. The molecule has 2 aliphatic rings. The van der Waals surface area contributed by atoms with Crippen LogP contribution in [-0.4, -0.2) is 17.3 Å². The highest BCUT2D eigenvalue weighted by atomic mass is 16.2. The van der Waals surface area contributed by atoms with Gasteiger partial charge >= 0.3 is 0 Å². The number of carbonyl (C=O) groups is 1. The quantitative estimate of drug-likeness (QED) is 0.261. The van der Waals surface area contributed by atoms with Gasteiger partial charge in [0, 0.05) is 5.56 Å². The second-order valence-corrected chi connectivity index (χ2v) is 5.14. The van der Waals surface area contributed by atoms with Crippen LogP contribution in [0.2, 0.25) is 0 Å². The lowest BCUT2D eigenvalue weighted by atomic mass is 9.92. The van der Waals surface area contributed by atoms with Gasteiger partial charge < -0.3 is 22.2 Å². The Morgan fingerprint density at radius 1 is 1.26 bits per heavy atom. The van der Waals surface area contributed by atoms with Crippen LogP contribution in [0.5, 0.6) is 0 Å². The first kappa shape index (κ1) is 11.8. The largest absolute Gasteiger partial charge is 0.382 e. The molecule has 19 heavy (non-hydrogen) atoms. The number of fused-ring (bicyclic) bond motifs is 1. The molecule has 3 rings (SSSR count). The summed E-state index contributed by atoms with van der Waals surface area (Å²) in [6, 6.07) is 5.48. The molecule has 1 heterocycles. The Morgan fingerprint density at radius 2 is 2.00 bits per heavy atom. The molecule has 1 saturated carbocycles. The van der Waals surface area contributed by atoms with E-state index in [0.717, 1.165) is 42.6 Å². The lowest BCUT2D eigenvalue weighted by Gasteiger charge is -2.35. The maximum Gasteiger partial charge on any atom is 0.250 e. The molecule has 1 aliphatic carbocycles.